The highest BCUT2D eigenvalue weighted by Gasteiger charge is 2.36. The fourth-order valence-corrected chi connectivity index (χ4v) is 4.82. The maximum atomic E-state index is 12.7. The van der Waals surface area contributed by atoms with Crippen molar-refractivity contribution in [2.45, 2.75) is 38.8 Å². The largest absolute Gasteiger partial charge is 0.496 e. The summed E-state index contributed by atoms with van der Waals surface area (Å²) in [7, 11) is -1.75. The van der Waals surface area contributed by atoms with Crippen LogP contribution >= 0.6 is 0 Å². The van der Waals surface area contributed by atoms with Gasteiger partial charge in [0.15, 0.2) is 22.2 Å². The van der Waals surface area contributed by atoms with Crippen LogP contribution in [0.15, 0.2) is 18.2 Å². The minimum absolute atomic E-state index is 0.0442. The summed E-state index contributed by atoms with van der Waals surface area (Å²) in [5.41, 5.74) is -0.305. The van der Waals surface area contributed by atoms with Gasteiger partial charge in [0.05, 0.1) is 29.6 Å². The number of carbonyl (C=O) groups excluding carboxylic acids is 1. The van der Waals surface area contributed by atoms with Crippen molar-refractivity contribution in [3.05, 3.63) is 28.3 Å². The molecule has 0 saturated carbocycles. The summed E-state index contributed by atoms with van der Waals surface area (Å²) < 4.78 is 33.9. The average Bonchev–Trinajstić information content (AvgIpc) is 2.98. The Bertz CT molecular complexity index is 809. The molecule has 1 heterocycles. The fraction of sp³-hybridized carbons (Fsp3) is 0.588. The monoisotopic (exact) mass is 400 g/mol. The van der Waals surface area contributed by atoms with E-state index in [4.69, 9.17) is 9.47 Å². The molecule has 10 heteroatoms. The Kier molecular flexibility index (Phi) is 6.63. The molecule has 1 aliphatic heterocycles. The lowest BCUT2D eigenvalue weighted by molar-refractivity contribution is -0.385. The molecule has 1 aliphatic rings. The number of hydrogen-bond donors (Lipinski definition) is 0. The summed E-state index contributed by atoms with van der Waals surface area (Å²) >= 11 is 0. The molecule has 0 N–H and O–H groups in total. The first-order chi connectivity index (χ1) is 12.7. The van der Waals surface area contributed by atoms with Crippen LogP contribution in [0.2, 0.25) is 0 Å². The highest BCUT2D eigenvalue weighted by atomic mass is 32.2. The summed E-state index contributed by atoms with van der Waals surface area (Å²) in [5, 5.41) is 11.2. The van der Waals surface area contributed by atoms with Gasteiger partial charge in [-0.3, -0.25) is 14.9 Å². The zero-order valence-corrected chi connectivity index (χ0v) is 16.4. The van der Waals surface area contributed by atoms with Gasteiger partial charge in [0.1, 0.15) is 5.75 Å². The lowest BCUT2D eigenvalue weighted by Crippen LogP contribution is -2.48. The smallest absolute Gasteiger partial charge is 0.314 e. The number of ether oxygens (including phenoxy) is 2. The summed E-state index contributed by atoms with van der Waals surface area (Å²) in [6.07, 6.45) is 1.05. The lowest BCUT2D eigenvalue weighted by atomic mass is 10.1. The number of rotatable bonds is 8. The lowest BCUT2D eigenvalue weighted by Gasteiger charge is -2.33. The number of nitro groups is 1. The summed E-state index contributed by atoms with van der Waals surface area (Å²) in [4.78, 5) is 24.9. The number of benzene rings is 1. The van der Waals surface area contributed by atoms with Crippen molar-refractivity contribution in [1.82, 2.24) is 4.90 Å². The maximum Gasteiger partial charge on any atom is 0.314 e. The Morgan fingerprint density at radius 2 is 2.15 bits per heavy atom. The molecule has 2 atom stereocenters. The van der Waals surface area contributed by atoms with E-state index < -0.39 is 33.3 Å². The van der Waals surface area contributed by atoms with Gasteiger partial charge in [0.25, 0.3) is 5.91 Å². The van der Waals surface area contributed by atoms with Crippen molar-refractivity contribution < 1.29 is 27.6 Å². The molecule has 0 aromatic heterocycles. The molecule has 1 aromatic carbocycles. The standard InChI is InChI=1S/C17H24N2O7S/c1-4-12(2)18(13-7-8-27(23,24)11-13)17(20)10-26-16-6-5-14(25-3)9-15(16)19(21)22/h5-6,9,12-13H,4,7-8,10-11H2,1-3H3/t12-,13+/m1/s1. The van der Waals surface area contributed by atoms with E-state index >= 15 is 0 Å². The fourth-order valence-electron chi connectivity index (χ4n) is 3.10. The number of methoxy groups -OCH3 is 1. The molecule has 0 aliphatic carbocycles. The first kappa shape index (κ1) is 20.9. The summed E-state index contributed by atoms with van der Waals surface area (Å²) in [6.45, 7) is 3.34. The van der Waals surface area contributed by atoms with Gasteiger partial charge in [-0.2, -0.15) is 0 Å². The van der Waals surface area contributed by atoms with Crippen LogP contribution in [0.5, 0.6) is 11.5 Å². The minimum Gasteiger partial charge on any atom is -0.496 e. The number of sulfone groups is 1. The molecule has 9 nitrogen and oxygen atoms in total. The Balaban J connectivity index is 2.15. The van der Waals surface area contributed by atoms with E-state index in [0.29, 0.717) is 18.6 Å². The molecule has 1 amide bonds. The Hall–Kier alpha value is -2.36. The zero-order valence-electron chi connectivity index (χ0n) is 15.6. The second-order valence-corrected chi connectivity index (χ2v) is 8.72. The van der Waals surface area contributed by atoms with Crippen LogP contribution in [0.25, 0.3) is 0 Å². The van der Waals surface area contributed by atoms with Gasteiger partial charge in [-0.15, -0.1) is 0 Å². The van der Waals surface area contributed by atoms with Crippen LogP contribution in [-0.2, 0) is 14.6 Å². The third-order valence-electron chi connectivity index (χ3n) is 4.67. The predicted molar refractivity (Wildman–Crippen MR) is 98.8 cm³/mol. The van der Waals surface area contributed by atoms with Crippen LogP contribution in [-0.4, -0.2) is 61.5 Å². The van der Waals surface area contributed by atoms with Crippen LogP contribution in [0.1, 0.15) is 26.7 Å². The van der Waals surface area contributed by atoms with E-state index in [1.54, 1.807) is 4.90 Å². The van der Waals surface area contributed by atoms with Crippen molar-refractivity contribution in [3.63, 3.8) is 0 Å². The average molecular weight is 400 g/mol. The van der Waals surface area contributed by atoms with Gasteiger partial charge >= 0.3 is 5.69 Å². The third-order valence-corrected chi connectivity index (χ3v) is 6.42. The minimum atomic E-state index is -3.15. The van der Waals surface area contributed by atoms with Gasteiger partial charge in [0, 0.05) is 12.1 Å². The van der Waals surface area contributed by atoms with Crippen molar-refractivity contribution in [2.75, 3.05) is 25.2 Å². The predicted octanol–water partition coefficient (Wildman–Crippen LogP) is 1.80. The van der Waals surface area contributed by atoms with E-state index in [-0.39, 0.29) is 29.0 Å². The van der Waals surface area contributed by atoms with Gasteiger partial charge < -0.3 is 14.4 Å². The summed E-state index contributed by atoms with van der Waals surface area (Å²) in [5.74, 6) is -0.138. The SMILES string of the molecule is CC[C@@H](C)N(C(=O)COc1ccc(OC)cc1[N+](=O)[O-])[C@H]1CCS(=O)(=O)C1. The molecule has 0 radical (unpaired) electrons. The van der Waals surface area contributed by atoms with E-state index in [2.05, 4.69) is 0 Å². The quantitative estimate of drug-likeness (QED) is 0.482. The first-order valence-electron chi connectivity index (χ1n) is 8.65. The van der Waals surface area contributed by atoms with Gasteiger partial charge in [-0.25, -0.2) is 8.42 Å². The van der Waals surface area contributed by atoms with Crippen molar-refractivity contribution in [2.24, 2.45) is 0 Å². The van der Waals surface area contributed by atoms with E-state index in [1.165, 1.54) is 25.3 Å². The molecule has 1 aromatic rings. The second-order valence-electron chi connectivity index (χ2n) is 6.49. The van der Waals surface area contributed by atoms with Crippen LogP contribution in [0.3, 0.4) is 0 Å². The Labute approximate surface area is 158 Å². The molecule has 1 fully saturated rings. The van der Waals surface area contributed by atoms with Crippen LogP contribution in [0, 0.1) is 10.1 Å². The highest BCUT2D eigenvalue weighted by Crippen LogP contribution is 2.31. The number of nitrogens with zero attached hydrogens (tertiary/aromatic N) is 2. The van der Waals surface area contributed by atoms with Crippen LogP contribution in [0.4, 0.5) is 5.69 Å². The number of carbonyl (C=O) groups is 1. The first-order valence-corrected chi connectivity index (χ1v) is 10.5. The van der Waals surface area contributed by atoms with E-state index in [9.17, 15) is 23.3 Å². The molecular formula is C17H24N2O7S. The molecule has 150 valence electrons. The van der Waals surface area contributed by atoms with Gasteiger partial charge in [-0.05, 0) is 31.9 Å². The van der Waals surface area contributed by atoms with E-state index in [0.717, 1.165) is 0 Å². The van der Waals surface area contributed by atoms with Crippen LogP contribution < -0.4 is 9.47 Å². The Morgan fingerprint density at radius 3 is 2.67 bits per heavy atom. The molecule has 0 unspecified atom stereocenters. The zero-order chi connectivity index (χ0) is 20.2. The number of nitro benzene ring substituents is 1. The molecule has 1 saturated heterocycles. The second kappa shape index (κ2) is 8.55. The molecule has 0 bridgehead atoms. The summed E-state index contributed by atoms with van der Waals surface area (Å²) in [6, 6.07) is 3.54. The topological polar surface area (TPSA) is 116 Å². The van der Waals surface area contributed by atoms with Gasteiger partial charge in [-0.1, -0.05) is 6.92 Å². The molecule has 27 heavy (non-hydrogen) atoms. The van der Waals surface area contributed by atoms with Crippen molar-refractivity contribution in [3.8, 4) is 11.5 Å². The molecular weight excluding hydrogens is 376 g/mol. The third kappa shape index (κ3) is 5.09. The van der Waals surface area contributed by atoms with E-state index in [1.807, 2.05) is 13.8 Å². The Morgan fingerprint density at radius 1 is 1.44 bits per heavy atom. The number of amides is 1. The molecule has 2 rings (SSSR count). The van der Waals surface area contributed by atoms with Crippen molar-refractivity contribution in [1.29, 1.82) is 0 Å². The molecule has 0 spiro atoms. The van der Waals surface area contributed by atoms with Crippen molar-refractivity contribution >= 4 is 21.4 Å². The normalized spacial score (nSPS) is 19.3. The maximum absolute atomic E-state index is 12.7. The highest BCUT2D eigenvalue weighted by molar-refractivity contribution is 7.91. The number of hydrogen-bond acceptors (Lipinski definition) is 7. The van der Waals surface area contributed by atoms with Gasteiger partial charge in [0.2, 0.25) is 0 Å².